The van der Waals surface area contributed by atoms with Crippen LogP contribution in [0, 0.1) is 17.8 Å². The molecule has 6 heterocycles. The summed E-state index contributed by atoms with van der Waals surface area (Å²) in [5, 5.41) is 9.55. The molecule has 4 aromatic heterocycles. The molecule has 8 rings (SSSR count). The van der Waals surface area contributed by atoms with Crippen LogP contribution in [0.2, 0.25) is 0 Å². The van der Waals surface area contributed by atoms with Gasteiger partial charge in [0.1, 0.15) is 29.4 Å². The van der Waals surface area contributed by atoms with Gasteiger partial charge in [-0.2, -0.15) is 0 Å². The monoisotopic (exact) mass is 870 g/mol. The Bertz CT molecular complexity index is 2690. The molecule has 14 nitrogen and oxygen atoms in total. The molecule has 2 aliphatic rings. The highest BCUT2D eigenvalue weighted by Gasteiger charge is 2.39. The Morgan fingerprint density at radius 1 is 0.790 bits per heavy atom. The van der Waals surface area contributed by atoms with Crippen molar-refractivity contribution in [2.75, 3.05) is 20.2 Å². The van der Waals surface area contributed by atoms with Crippen LogP contribution in [0.1, 0.15) is 93.0 Å². The zero-order valence-corrected chi connectivity index (χ0v) is 36.3. The lowest BCUT2D eigenvalue weighted by atomic mass is 10.0. The Balaban J connectivity index is 0.941. The molecular formula is C46H46N8O6S2. The van der Waals surface area contributed by atoms with Crippen molar-refractivity contribution in [3.8, 4) is 34.2 Å². The molecule has 2 fully saturated rings. The molecular weight excluding hydrogens is 825 g/mol. The van der Waals surface area contributed by atoms with E-state index in [1.54, 1.807) is 69.1 Å². The number of aromatic amines is 2. The van der Waals surface area contributed by atoms with E-state index in [2.05, 4.69) is 72.5 Å². The fourth-order valence-electron chi connectivity index (χ4n) is 8.13. The average Bonchev–Trinajstić information content (AvgIpc) is 4.14. The molecule has 2 aromatic carbocycles. The molecule has 62 heavy (non-hydrogen) atoms. The molecule has 2 unspecified atom stereocenters. The number of likely N-dealkylation sites (tertiary alicyclic amines) is 2. The number of benzene rings is 2. The molecule has 2 aliphatic heterocycles. The second-order valence-corrected chi connectivity index (χ2v) is 17.5. The van der Waals surface area contributed by atoms with Gasteiger partial charge < -0.3 is 35.1 Å². The van der Waals surface area contributed by atoms with Gasteiger partial charge in [-0.15, -0.1) is 22.7 Å². The lowest BCUT2D eigenvalue weighted by Gasteiger charge is -2.30. The summed E-state index contributed by atoms with van der Waals surface area (Å²) in [5.74, 6) is 5.86. The number of methoxy groups -OCH3 is 1. The van der Waals surface area contributed by atoms with Gasteiger partial charge in [-0.05, 0) is 54.2 Å². The van der Waals surface area contributed by atoms with E-state index in [9.17, 15) is 24.0 Å². The van der Waals surface area contributed by atoms with E-state index in [1.807, 2.05) is 19.9 Å². The largest absolute Gasteiger partial charge is 0.453 e. The first-order valence-corrected chi connectivity index (χ1v) is 22.3. The number of rotatable bonds is 11. The summed E-state index contributed by atoms with van der Waals surface area (Å²) in [6, 6.07) is 15.0. The third-order valence-electron chi connectivity index (χ3n) is 11.4. The van der Waals surface area contributed by atoms with Crippen molar-refractivity contribution in [1.82, 2.24) is 40.4 Å². The molecule has 4 amide bonds. The molecule has 0 saturated carbocycles. The zero-order valence-electron chi connectivity index (χ0n) is 34.7. The Morgan fingerprint density at radius 3 is 2.11 bits per heavy atom. The Hall–Kier alpha value is -6.57. The van der Waals surface area contributed by atoms with Gasteiger partial charge >= 0.3 is 6.09 Å². The second-order valence-electron chi connectivity index (χ2n) is 15.8. The lowest BCUT2D eigenvalue weighted by molar-refractivity contribution is -0.141. The first kappa shape index (κ1) is 42.1. The number of Topliss-reactive ketones (excluding diaryl/α,β-unsaturated/α-hetero) is 1. The van der Waals surface area contributed by atoms with E-state index >= 15 is 0 Å². The van der Waals surface area contributed by atoms with Crippen LogP contribution in [0.4, 0.5) is 4.79 Å². The van der Waals surface area contributed by atoms with Crippen LogP contribution in [0.5, 0.6) is 0 Å². The van der Waals surface area contributed by atoms with Crippen molar-refractivity contribution in [3.05, 3.63) is 106 Å². The van der Waals surface area contributed by atoms with Crippen molar-refractivity contribution >= 4 is 61.7 Å². The molecule has 0 radical (unpaired) electrons. The minimum Gasteiger partial charge on any atom is -0.453 e. The maximum Gasteiger partial charge on any atom is 0.407 e. The number of fused-ring (bicyclic) bond motifs is 1. The first-order chi connectivity index (χ1) is 30.0. The summed E-state index contributed by atoms with van der Waals surface area (Å²) in [5.41, 5.74) is 6.18. The van der Waals surface area contributed by atoms with Gasteiger partial charge in [0.25, 0.3) is 5.91 Å². The van der Waals surface area contributed by atoms with Gasteiger partial charge in [0.2, 0.25) is 17.6 Å². The molecule has 16 heteroatoms. The maximum absolute atomic E-state index is 13.9. The van der Waals surface area contributed by atoms with Crippen molar-refractivity contribution in [2.24, 2.45) is 5.92 Å². The molecule has 318 valence electrons. The number of carbonyl (C=O) groups is 5. The van der Waals surface area contributed by atoms with Gasteiger partial charge in [0, 0.05) is 36.3 Å². The van der Waals surface area contributed by atoms with Crippen molar-refractivity contribution in [1.29, 1.82) is 0 Å². The van der Waals surface area contributed by atoms with Crippen molar-refractivity contribution in [3.63, 3.8) is 0 Å². The predicted molar refractivity (Wildman–Crippen MR) is 237 cm³/mol. The smallest absolute Gasteiger partial charge is 0.407 e. The summed E-state index contributed by atoms with van der Waals surface area (Å²) >= 11 is 3.30. The van der Waals surface area contributed by atoms with Gasteiger partial charge in [0.05, 0.1) is 52.2 Å². The van der Waals surface area contributed by atoms with Crippen molar-refractivity contribution in [2.45, 2.75) is 70.6 Å². The number of ether oxygens (including phenoxy) is 1. The van der Waals surface area contributed by atoms with Crippen LogP contribution in [0.15, 0.2) is 77.8 Å². The Labute approximate surface area is 366 Å². The highest BCUT2D eigenvalue weighted by Crippen LogP contribution is 2.41. The topological polar surface area (TPSA) is 182 Å². The summed E-state index contributed by atoms with van der Waals surface area (Å²) in [6.07, 6.45) is 5.93. The van der Waals surface area contributed by atoms with E-state index in [4.69, 9.17) is 9.72 Å². The number of carbonyl (C=O) groups excluding carboxylic acids is 5. The summed E-state index contributed by atoms with van der Waals surface area (Å²) in [6.45, 7) is 6.05. The Morgan fingerprint density at radius 2 is 1.44 bits per heavy atom. The third kappa shape index (κ3) is 8.63. The second kappa shape index (κ2) is 18.2. The number of nitrogens with zero attached hydrogens (tertiary/aromatic N) is 4. The number of amides is 4. The van der Waals surface area contributed by atoms with Crippen LogP contribution in [-0.2, 0) is 23.9 Å². The summed E-state index contributed by atoms with van der Waals surface area (Å²) in [7, 11) is 1.29. The van der Waals surface area contributed by atoms with E-state index in [0.717, 1.165) is 62.4 Å². The number of aromatic nitrogens is 4. The number of alkyl carbamates (subject to hydrolysis) is 1. The molecule has 4 N–H and O–H groups in total. The molecule has 2 saturated heterocycles. The molecule has 0 aliphatic carbocycles. The van der Waals surface area contributed by atoms with E-state index in [0.29, 0.717) is 36.6 Å². The SMILES string of the molecule is COC(=O)N[C@H](C(=O)N1CCCC1c1ncc(-c2ccc(-c3csc4c(C#Cc5cnc(C6CCCN6C(=O)[C@H](NC(=O)C(C)=O)c6ccccc6)[nH]5)csc34)cc2)[nH]1)C(C)C. The number of hydrogen-bond acceptors (Lipinski definition) is 10. The fourth-order valence-corrected chi connectivity index (χ4v) is 10.4. The number of ketones is 1. The standard InChI is InChI=1S/C46H46N8O6S2/c1-26(2)37(52-46(59)60-4)44(57)53-20-9-13-36(53)42-48-23-34(50-42)29-16-14-28(15-17-29)33-25-62-39-31(24-61-40(33)39)18-19-32-22-47-41(49-32)35-12-8-21-54(35)45(58)38(51-43(56)27(3)55)30-10-6-5-7-11-30/h5-7,10-11,14-17,22-26,35-38H,8-9,12-13,20-21H2,1-4H3,(H,47,49)(H,48,50)(H,51,56)(H,52,59)/t35?,36?,37-,38+/m0/s1. The quantitative estimate of drug-likeness (QED) is 0.0773. The van der Waals surface area contributed by atoms with Crippen LogP contribution < -0.4 is 10.6 Å². The van der Waals surface area contributed by atoms with Gasteiger partial charge in [-0.1, -0.05) is 74.4 Å². The summed E-state index contributed by atoms with van der Waals surface area (Å²) in [4.78, 5) is 83.3. The van der Waals surface area contributed by atoms with Crippen LogP contribution in [-0.4, -0.2) is 85.6 Å². The van der Waals surface area contributed by atoms with Crippen LogP contribution in [0.3, 0.4) is 0 Å². The molecule has 0 spiro atoms. The highest BCUT2D eigenvalue weighted by atomic mass is 32.1. The predicted octanol–water partition coefficient (Wildman–Crippen LogP) is 7.30. The number of H-pyrrole nitrogens is 2. The van der Waals surface area contributed by atoms with E-state index < -0.39 is 29.9 Å². The van der Waals surface area contributed by atoms with Crippen molar-refractivity contribution < 1.29 is 28.7 Å². The molecule has 0 bridgehead atoms. The Kier molecular flexibility index (Phi) is 12.4. The molecule has 4 atom stereocenters. The summed E-state index contributed by atoms with van der Waals surface area (Å²) < 4.78 is 7.02. The number of nitrogens with one attached hydrogen (secondary N) is 4. The van der Waals surface area contributed by atoms with E-state index in [-0.39, 0.29) is 29.8 Å². The van der Waals surface area contributed by atoms with Crippen LogP contribution >= 0.6 is 22.7 Å². The molecule has 6 aromatic rings. The number of hydrogen-bond donors (Lipinski definition) is 4. The normalized spacial score (nSPS) is 17.1. The lowest BCUT2D eigenvalue weighted by Crippen LogP contribution is -2.51. The van der Waals surface area contributed by atoms with Crippen LogP contribution in [0.25, 0.3) is 31.8 Å². The average molecular weight is 871 g/mol. The number of imidazole rings is 2. The minimum absolute atomic E-state index is 0.113. The maximum atomic E-state index is 13.9. The fraction of sp³-hybridized carbons (Fsp3) is 0.326. The zero-order chi connectivity index (χ0) is 43.5. The first-order valence-electron chi connectivity index (χ1n) is 20.5. The highest BCUT2D eigenvalue weighted by molar-refractivity contribution is 7.27. The van der Waals surface area contributed by atoms with E-state index in [1.165, 1.54) is 14.0 Å². The van der Waals surface area contributed by atoms with Gasteiger partial charge in [0.15, 0.2) is 0 Å². The third-order valence-corrected chi connectivity index (χ3v) is 13.5. The number of thiophene rings is 2. The van der Waals surface area contributed by atoms with Gasteiger partial charge in [-0.3, -0.25) is 19.2 Å². The van der Waals surface area contributed by atoms with Gasteiger partial charge in [-0.25, -0.2) is 14.8 Å². The minimum atomic E-state index is -1.00.